The van der Waals surface area contributed by atoms with Crippen LogP contribution in [0.3, 0.4) is 0 Å². The van der Waals surface area contributed by atoms with E-state index in [1.54, 1.807) is 0 Å². The molecular formula is C14H31N3O. The molecule has 0 aliphatic carbocycles. The van der Waals surface area contributed by atoms with Crippen molar-refractivity contribution in [1.29, 1.82) is 0 Å². The maximum Gasteiger partial charge on any atom is 0.139 e. The third kappa shape index (κ3) is 7.54. The number of rotatable bonds is 10. The van der Waals surface area contributed by atoms with Gasteiger partial charge in [-0.25, -0.2) is 0 Å². The molecule has 0 amide bonds. The summed E-state index contributed by atoms with van der Waals surface area (Å²) >= 11 is 0. The number of nitrogens with two attached hydrogens (primary N) is 1. The van der Waals surface area contributed by atoms with Crippen LogP contribution in [0, 0.1) is 5.92 Å². The molecule has 0 bridgehead atoms. The molecule has 0 aliphatic heterocycles. The normalized spacial score (nSPS) is 12.9. The maximum absolute atomic E-state index is 8.48. The molecule has 108 valence electrons. The lowest BCUT2D eigenvalue weighted by atomic mass is 10.1. The predicted octanol–water partition coefficient (Wildman–Crippen LogP) is 3.05. The van der Waals surface area contributed by atoms with Gasteiger partial charge in [-0.05, 0) is 38.1 Å². The first-order valence-electron chi connectivity index (χ1n) is 7.25. The molecule has 0 heterocycles. The topological polar surface area (TPSA) is 61.8 Å². The first-order valence-corrected chi connectivity index (χ1v) is 7.25. The number of unbranched alkanes of at least 4 members (excludes halogenated alkanes) is 1. The first-order chi connectivity index (χ1) is 8.54. The molecule has 0 radical (unpaired) electrons. The molecule has 0 aromatic carbocycles. The fourth-order valence-corrected chi connectivity index (χ4v) is 2.37. The Balaban J connectivity index is 4.08. The second-order valence-electron chi connectivity index (χ2n) is 5.41. The van der Waals surface area contributed by atoms with Crippen LogP contribution in [-0.4, -0.2) is 35.1 Å². The van der Waals surface area contributed by atoms with E-state index in [0.29, 0.717) is 24.2 Å². The zero-order chi connectivity index (χ0) is 14.0. The zero-order valence-corrected chi connectivity index (χ0v) is 12.5. The van der Waals surface area contributed by atoms with E-state index in [2.05, 4.69) is 37.8 Å². The highest BCUT2D eigenvalue weighted by Crippen LogP contribution is 2.13. The van der Waals surface area contributed by atoms with Gasteiger partial charge in [-0.2, -0.15) is 0 Å². The van der Waals surface area contributed by atoms with E-state index in [1.807, 2.05) is 0 Å². The Labute approximate surface area is 112 Å². The van der Waals surface area contributed by atoms with Gasteiger partial charge in [0.05, 0.1) is 0 Å². The van der Waals surface area contributed by atoms with Crippen LogP contribution in [0.25, 0.3) is 0 Å². The lowest BCUT2D eigenvalue weighted by Crippen LogP contribution is -2.38. The van der Waals surface area contributed by atoms with Gasteiger partial charge in [0.1, 0.15) is 5.84 Å². The average Bonchev–Trinajstić information content (AvgIpc) is 2.34. The standard InChI is InChI=1S/C14H31N3O/c1-5-13(6-2)17(11-12(3)4)10-8-7-9-14(15)16-18/h12-13,18H,5-11H2,1-4H3,(H2,15,16). The number of oxime groups is 1. The molecule has 4 heteroatoms. The molecule has 0 unspecified atom stereocenters. The van der Waals surface area contributed by atoms with Gasteiger partial charge in [0, 0.05) is 19.0 Å². The van der Waals surface area contributed by atoms with E-state index in [-0.39, 0.29) is 0 Å². The molecule has 0 fully saturated rings. The summed E-state index contributed by atoms with van der Waals surface area (Å²) in [6.45, 7) is 11.3. The fraction of sp³-hybridized carbons (Fsp3) is 0.929. The maximum atomic E-state index is 8.48. The lowest BCUT2D eigenvalue weighted by Gasteiger charge is -2.32. The van der Waals surface area contributed by atoms with E-state index < -0.39 is 0 Å². The summed E-state index contributed by atoms with van der Waals surface area (Å²) in [6.07, 6.45) is 5.21. The molecule has 0 rings (SSSR count). The SMILES string of the molecule is CCC(CC)N(CCCCC(N)=NO)CC(C)C. The molecule has 0 saturated carbocycles. The molecule has 4 nitrogen and oxygen atoms in total. The van der Waals surface area contributed by atoms with Crippen LogP contribution in [0.4, 0.5) is 0 Å². The number of amidine groups is 1. The van der Waals surface area contributed by atoms with E-state index in [4.69, 9.17) is 10.9 Å². The van der Waals surface area contributed by atoms with Crippen molar-refractivity contribution in [3.8, 4) is 0 Å². The Morgan fingerprint density at radius 1 is 1.22 bits per heavy atom. The largest absolute Gasteiger partial charge is 0.409 e. The molecule has 18 heavy (non-hydrogen) atoms. The van der Waals surface area contributed by atoms with Crippen molar-refractivity contribution < 1.29 is 5.21 Å². The van der Waals surface area contributed by atoms with E-state index in [1.165, 1.54) is 12.8 Å². The highest BCUT2D eigenvalue weighted by atomic mass is 16.4. The Bertz CT molecular complexity index is 225. The summed E-state index contributed by atoms with van der Waals surface area (Å²) in [4.78, 5) is 2.59. The molecule has 0 saturated heterocycles. The minimum Gasteiger partial charge on any atom is -0.409 e. The van der Waals surface area contributed by atoms with Gasteiger partial charge < -0.3 is 15.8 Å². The number of hydrogen-bond donors (Lipinski definition) is 2. The Kier molecular flexibility index (Phi) is 9.74. The summed E-state index contributed by atoms with van der Waals surface area (Å²) in [6, 6.07) is 0.691. The van der Waals surface area contributed by atoms with Gasteiger partial charge in [0.2, 0.25) is 0 Å². The van der Waals surface area contributed by atoms with Crippen molar-refractivity contribution in [1.82, 2.24) is 4.90 Å². The molecular weight excluding hydrogens is 226 g/mol. The summed E-state index contributed by atoms with van der Waals surface area (Å²) in [7, 11) is 0. The Morgan fingerprint density at radius 3 is 2.28 bits per heavy atom. The van der Waals surface area contributed by atoms with Crippen LogP contribution >= 0.6 is 0 Å². The van der Waals surface area contributed by atoms with Crippen molar-refractivity contribution in [2.75, 3.05) is 13.1 Å². The quantitative estimate of drug-likeness (QED) is 0.208. The highest BCUT2D eigenvalue weighted by Gasteiger charge is 2.15. The van der Waals surface area contributed by atoms with Gasteiger partial charge in [-0.3, -0.25) is 0 Å². The number of nitrogens with zero attached hydrogens (tertiary/aromatic N) is 2. The van der Waals surface area contributed by atoms with Crippen molar-refractivity contribution in [3.63, 3.8) is 0 Å². The number of hydrogen-bond acceptors (Lipinski definition) is 3. The smallest absolute Gasteiger partial charge is 0.139 e. The van der Waals surface area contributed by atoms with Gasteiger partial charge in [0.25, 0.3) is 0 Å². The van der Waals surface area contributed by atoms with Crippen molar-refractivity contribution in [2.45, 2.75) is 65.8 Å². The second kappa shape index (κ2) is 10.2. The Hall–Kier alpha value is -0.770. The fourth-order valence-electron chi connectivity index (χ4n) is 2.37. The van der Waals surface area contributed by atoms with Gasteiger partial charge in [0.15, 0.2) is 0 Å². The molecule has 0 atom stereocenters. The average molecular weight is 257 g/mol. The molecule has 3 N–H and O–H groups in total. The van der Waals surface area contributed by atoms with Crippen LogP contribution in [-0.2, 0) is 0 Å². The van der Waals surface area contributed by atoms with Crippen molar-refractivity contribution >= 4 is 5.84 Å². The second-order valence-corrected chi connectivity index (χ2v) is 5.41. The van der Waals surface area contributed by atoms with E-state index in [9.17, 15) is 0 Å². The van der Waals surface area contributed by atoms with Crippen LogP contribution in [0.15, 0.2) is 5.16 Å². The molecule has 0 spiro atoms. The summed E-state index contributed by atoms with van der Waals surface area (Å²) < 4.78 is 0. The minimum absolute atomic E-state index is 0.341. The minimum atomic E-state index is 0.341. The summed E-state index contributed by atoms with van der Waals surface area (Å²) in [5.41, 5.74) is 5.47. The van der Waals surface area contributed by atoms with Crippen LogP contribution < -0.4 is 5.73 Å². The van der Waals surface area contributed by atoms with Crippen LogP contribution in [0.1, 0.15) is 59.8 Å². The predicted molar refractivity (Wildman–Crippen MR) is 78.0 cm³/mol. The summed E-state index contributed by atoms with van der Waals surface area (Å²) in [5, 5.41) is 11.5. The third-order valence-electron chi connectivity index (χ3n) is 3.32. The van der Waals surface area contributed by atoms with Gasteiger partial charge in [-0.15, -0.1) is 0 Å². The first kappa shape index (κ1) is 17.2. The van der Waals surface area contributed by atoms with E-state index >= 15 is 0 Å². The highest BCUT2D eigenvalue weighted by molar-refractivity contribution is 5.79. The monoisotopic (exact) mass is 257 g/mol. The lowest BCUT2D eigenvalue weighted by molar-refractivity contribution is 0.163. The Morgan fingerprint density at radius 2 is 1.83 bits per heavy atom. The molecule has 0 aromatic heterocycles. The third-order valence-corrected chi connectivity index (χ3v) is 3.32. The van der Waals surface area contributed by atoms with Gasteiger partial charge >= 0.3 is 0 Å². The van der Waals surface area contributed by atoms with E-state index in [0.717, 1.165) is 25.9 Å². The zero-order valence-electron chi connectivity index (χ0n) is 12.5. The van der Waals surface area contributed by atoms with Crippen LogP contribution in [0.5, 0.6) is 0 Å². The summed E-state index contributed by atoms with van der Waals surface area (Å²) in [5.74, 6) is 1.04. The molecule has 0 aromatic rings. The van der Waals surface area contributed by atoms with Crippen LogP contribution in [0.2, 0.25) is 0 Å². The van der Waals surface area contributed by atoms with Gasteiger partial charge in [-0.1, -0.05) is 32.9 Å². The van der Waals surface area contributed by atoms with Crippen molar-refractivity contribution in [2.24, 2.45) is 16.8 Å². The van der Waals surface area contributed by atoms with Crippen molar-refractivity contribution in [3.05, 3.63) is 0 Å². The molecule has 0 aliphatic rings.